The lowest BCUT2D eigenvalue weighted by atomic mass is 9.61. The zero-order valence-corrected chi connectivity index (χ0v) is 20.9. The van der Waals surface area contributed by atoms with E-state index in [1.807, 2.05) is 43.3 Å². The van der Waals surface area contributed by atoms with Crippen molar-refractivity contribution < 1.29 is 23.7 Å². The second-order valence-electron chi connectivity index (χ2n) is 8.27. The Bertz CT molecular complexity index is 1260. The van der Waals surface area contributed by atoms with E-state index in [9.17, 15) is 4.79 Å². The van der Waals surface area contributed by atoms with Crippen molar-refractivity contribution in [2.75, 3.05) is 21.3 Å². The van der Waals surface area contributed by atoms with E-state index < -0.39 is 17.5 Å². The maximum atomic E-state index is 13.5. The summed E-state index contributed by atoms with van der Waals surface area (Å²) in [6, 6.07) is 22.0. The lowest BCUT2D eigenvalue weighted by molar-refractivity contribution is -0.0225. The summed E-state index contributed by atoms with van der Waals surface area (Å²) in [5.41, 5.74) is 1.99. The van der Waals surface area contributed by atoms with E-state index in [2.05, 4.69) is 6.58 Å². The van der Waals surface area contributed by atoms with Crippen LogP contribution >= 0.6 is 11.6 Å². The van der Waals surface area contributed by atoms with Crippen LogP contribution in [0.5, 0.6) is 17.2 Å². The number of methoxy groups -OCH3 is 3. The zero-order chi connectivity index (χ0) is 25.2. The summed E-state index contributed by atoms with van der Waals surface area (Å²) in [6.07, 6.45) is 0. The van der Waals surface area contributed by atoms with Crippen LogP contribution in [0.1, 0.15) is 28.4 Å². The highest BCUT2D eigenvalue weighted by atomic mass is 35.5. The van der Waals surface area contributed by atoms with Crippen LogP contribution in [0.25, 0.3) is 5.57 Å². The standard InChI is InChI=1S/C29H27ClO5/c1-18(2)25-24(19-12-8-6-9-13-19)27(30)29(25,35-28(31)20-14-10-7-11-15-20)26-22(33-4)16-21(32-3)17-23(26)34-5/h6-17,25H,1H2,2-5H3. The van der Waals surface area contributed by atoms with Gasteiger partial charge in [0, 0.05) is 12.1 Å². The molecular weight excluding hydrogens is 464 g/mol. The number of ether oxygens (including phenoxy) is 4. The maximum absolute atomic E-state index is 13.5. The number of carbonyl (C=O) groups excluding carboxylic acids is 1. The van der Waals surface area contributed by atoms with Crippen LogP contribution in [-0.2, 0) is 10.3 Å². The third-order valence-electron chi connectivity index (χ3n) is 6.18. The summed E-state index contributed by atoms with van der Waals surface area (Å²) in [6.45, 7) is 6.14. The van der Waals surface area contributed by atoms with Crippen LogP contribution in [0.3, 0.4) is 0 Å². The van der Waals surface area contributed by atoms with Crippen molar-refractivity contribution in [2.45, 2.75) is 12.5 Å². The van der Waals surface area contributed by atoms with Gasteiger partial charge >= 0.3 is 5.97 Å². The molecule has 0 N–H and O–H groups in total. The molecule has 0 bridgehead atoms. The molecule has 3 aromatic carbocycles. The number of hydrogen-bond donors (Lipinski definition) is 0. The minimum atomic E-state index is -1.42. The minimum absolute atomic E-state index is 0.364. The fourth-order valence-electron chi connectivity index (χ4n) is 4.64. The topological polar surface area (TPSA) is 54.0 Å². The molecule has 0 spiro atoms. The number of hydrogen-bond acceptors (Lipinski definition) is 5. The van der Waals surface area contributed by atoms with Crippen LogP contribution in [-0.4, -0.2) is 27.3 Å². The van der Waals surface area contributed by atoms with E-state index in [4.69, 9.17) is 30.5 Å². The molecule has 3 aromatic rings. The van der Waals surface area contributed by atoms with E-state index in [1.54, 1.807) is 43.5 Å². The average Bonchev–Trinajstić information content (AvgIpc) is 2.89. The van der Waals surface area contributed by atoms with Gasteiger partial charge in [-0.1, -0.05) is 72.3 Å². The molecule has 0 saturated carbocycles. The Kier molecular flexibility index (Phi) is 6.90. The molecule has 2 unspecified atom stereocenters. The number of rotatable bonds is 8. The Morgan fingerprint density at radius 1 is 0.886 bits per heavy atom. The third kappa shape index (κ3) is 4.06. The molecule has 0 saturated heterocycles. The minimum Gasteiger partial charge on any atom is -0.496 e. The molecule has 0 amide bonds. The third-order valence-corrected chi connectivity index (χ3v) is 6.67. The molecule has 180 valence electrons. The van der Waals surface area contributed by atoms with Gasteiger partial charge in [-0.25, -0.2) is 4.79 Å². The van der Waals surface area contributed by atoms with Crippen LogP contribution in [0.4, 0.5) is 0 Å². The van der Waals surface area contributed by atoms with Crippen molar-refractivity contribution in [1.82, 2.24) is 0 Å². The predicted octanol–water partition coefficient (Wildman–Crippen LogP) is 6.62. The fraction of sp³-hybridized carbons (Fsp3) is 0.207. The summed E-state index contributed by atoms with van der Waals surface area (Å²) in [4.78, 5) is 13.5. The molecular formula is C29H27ClO5. The molecule has 4 rings (SSSR count). The van der Waals surface area contributed by atoms with E-state index >= 15 is 0 Å². The van der Waals surface area contributed by atoms with Gasteiger partial charge in [0.15, 0.2) is 5.60 Å². The van der Waals surface area contributed by atoms with E-state index in [0.717, 1.165) is 16.7 Å². The zero-order valence-electron chi connectivity index (χ0n) is 20.1. The number of halogens is 1. The molecule has 0 fully saturated rings. The Hall–Kier alpha value is -3.70. The van der Waals surface area contributed by atoms with Crippen LogP contribution in [0.15, 0.2) is 90.0 Å². The predicted molar refractivity (Wildman–Crippen MR) is 137 cm³/mol. The maximum Gasteiger partial charge on any atom is 0.339 e. The van der Waals surface area contributed by atoms with Gasteiger partial charge in [-0.2, -0.15) is 0 Å². The van der Waals surface area contributed by atoms with Crippen molar-refractivity contribution in [1.29, 1.82) is 0 Å². The molecule has 0 heterocycles. The Labute approximate surface area is 210 Å². The van der Waals surface area contributed by atoms with Gasteiger partial charge in [0.25, 0.3) is 0 Å². The van der Waals surface area contributed by atoms with Gasteiger partial charge < -0.3 is 18.9 Å². The summed E-state index contributed by atoms with van der Waals surface area (Å²) in [5, 5.41) is 0.364. The number of carbonyl (C=O) groups is 1. The smallest absolute Gasteiger partial charge is 0.339 e. The first-order valence-electron chi connectivity index (χ1n) is 11.1. The monoisotopic (exact) mass is 490 g/mol. The first kappa shape index (κ1) is 24.4. The van der Waals surface area contributed by atoms with Crippen LogP contribution in [0.2, 0.25) is 0 Å². The molecule has 6 heteroatoms. The second kappa shape index (κ2) is 9.88. The highest BCUT2D eigenvalue weighted by molar-refractivity contribution is 6.36. The summed E-state index contributed by atoms with van der Waals surface area (Å²) in [5.74, 6) is 0.377. The molecule has 5 nitrogen and oxygen atoms in total. The largest absolute Gasteiger partial charge is 0.496 e. The lowest BCUT2D eigenvalue weighted by Crippen LogP contribution is -2.49. The van der Waals surface area contributed by atoms with E-state index in [-0.39, 0.29) is 0 Å². The molecule has 2 atom stereocenters. The van der Waals surface area contributed by atoms with E-state index in [1.165, 1.54) is 14.2 Å². The molecule has 1 aliphatic carbocycles. The normalized spacial score (nSPS) is 18.9. The van der Waals surface area contributed by atoms with Crippen molar-refractivity contribution in [2.24, 2.45) is 5.92 Å². The Morgan fingerprint density at radius 3 is 1.91 bits per heavy atom. The van der Waals surface area contributed by atoms with Crippen molar-refractivity contribution in [3.8, 4) is 17.2 Å². The first-order valence-corrected chi connectivity index (χ1v) is 11.5. The molecule has 35 heavy (non-hydrogen) atoms. The van der Waals surface area contributed by atoms with Gasteiger partial charge in [0.05, 0.1) is 43.4 Å². The van der Waals surface area contributed by atoms with Crippen LogP contribution < -0.4 is 14.2 Å². The van der Waals surface area contributed by atoms with Crippen molar-refractivity contribution >= 4 is 23.1 Å². The van der Waals surface area contributed by atoms with E-state index in [0.29, 0.717) is 33.4 Å². The highest BCUT2D eigenvalue weighted by Gasteiger charge is 2.61. The Morgan fingerprint density at radius 2 is 1.43 bits per heavy atom. The second-order valence-corrected chi connectivity index (χ2v) is 8.65. The molecule has 0 aliphatic heterocycles. The number of benzene rings is 3. The SMILES string of the molecule is C=C(C)C1C(c2ccccc2)=C(Cl)C1(OC(=O)c1ccccc1)c1c(OC)cc(OC)cc1OC. The first-order chi connectivity index (χ1) is 16.9. The van der Waals surface area contributed by atoms with Crippen LogP contribution in [0, 0.1) is 5.92 Å². The van der Waals surface area contributed by atoms with Gasteiger partial charge in [-0.15, -0.1) is 0 Å². The van der Waals surface area contributed by atoms with Gasteiger partial charge in [0.1, 0.15) is 17.2 Å². The summed E-state index contributed by atoms with van der Waals surface area (Å²) in [7, 11) is 4.63. The quantitative estimate of drug-likeness (QED) is 0.262. The van der Waals surface area contributed by atoms with Gasteiger partial charge in [-0.3, -0.25) is 0 Å². The highest BCUT2D eigenvalue weighted by Crippen LogP contribution is 2.65. The summed E-state index contributed by atoms with van der Waals surface area (Å²) >= 11 is 7.13. The number of esters is 1. The Balaban J connectivity index is 2.03. The van der Waals surface area contributed by atoms with Crippen molar-refractivity contribution in [3.63, 3.8) is 0 Å². The average molecular weight is 491 g/mol. The molecule has 0 radical (unpaired) electrons. The van der Waals surface area contributed by atoms with Crippen molar-refractivity contribution in [3.05, 3.63) is 107 Å². The van der Waals surface area contributed by atoms with Gasteiger partial charge in [0.2, 0.25) is 0 Å². The summed E-state index contributed by atoms with van der Waals surface area (Å²) < 4.78 is 23.3. The fourth-order valence-corrected chi connectivity index (χ4v) is 5.10. The molecule has 0 aromatic heterocycles. The molecule has 1 aliphatic rings. The lowest BCUT2D eigenvalue weighted by Gasteiger charge is -2.50. The van der Waals surface area contributed by atoms with Gasteiger partial charge in [-0.05, 0) is 30.2 Å².